The fourth-order valence-corrected chi connectivity index (χ4v) is 3.37. The summed E-state index contributed by atoms with van der Waals surface area (Å²) in [5.41, 5.74) is -0.161. The van der Waals surface area contributed by atoms with Crippen LogP contribution in [0, 0.1) is 0 Å². The number of H-pyrrole nitrogens is 1. The molecule has 2 heterocycles. The van der Waals surface area contributed by atoms with Crippen molar-refractivity contribution in [1.29, 1.82) is 0 Å². The van der Waals surface area contributed by atoms with E-state index >= 15 is 0 Å². The number of imidazole rings is 1. The lowest BCUT2D eigenvalue weighted by Crippen LogP contribution is -2.48. The number of para-hydroxylation sites is 2. The average molecular weight is 429 g/mol. The molecule has 0 bridgehead atoms. The molecule has 3 rings (SSSR count). The number of Topliss-reactive ketones (excluding diaryl/α,β-unsaturated/α-hetero) is 1. The van der Waals surface area contributed by atoms with Crippen molar-refractivity contribution in [3.8, 4) is 0 Å². The van der Waals surface area contributed by atoms with Crippen LogP contribution in [0.5, 0.6) is 0 Å². The Kier molecular flexibility index (Phi) is 6.23. The fraction of sp³-hybridized carbons (Fsp3) is 0.375. The lowest BCUT2D eigenvalue weighted by Gasteiger charge is -2.23. The van der Waals surface area contributed by atoms with E-state index in [1.807, 2.05) is 24.3 Å². The van der Waals surface area contributed by atoms with E-state index in [0.717, 1.165) is 22.8 Å². The number of nitrogens with zero attached hydrogens (tertiary/aromatic N) is 1. The minimum absolute atomic E-state index is 0. The maximum absolute atomic E-state index is 12.6. The first kappa shape index (κ1) is 19.5. The van der Waals surface area contributed by atoms with Crippen molar-refractivity contribution < 1.29 is 23.9 Å². The first-order valence-corrected chi connectivity index (χ1v) is 8.53. The van der Waals surface area contributed by atoms with Crippen molar-refractivity contribution in [2.75, 3.05) is 12.4 Å². The predicted octanol–water partition coefficient (Wildman–Crippen LogP) is 2.44. The molecular formula is C16H17BrN2O5S. The second-order valence-corrected chi connectivity index (χ2v) is 6.26. The Morgan fingerprint density at radius 1 is 1.40 bits per heavy atom. The molecule has 0 amide bonds. The summed E-state index contributed by atoms with van der Waals surface area (Å²) in [6, 6.07) is 7.49. The third-order valence-electron chi connectivity index (χ3n) is 3.73. The highest BCUT2D eigenvalue weighted by molar-refractivity contribution is 8.93. The van der Waals surface area contributed by atoms with E-state index in [4.69, 9.17) is 9.47 Å². The second kappa shape index (κ2) is 8.01. The lowest BCUT2D eigenvalue weighted by atomic mass is 9.96. The molecule has 134 valence electrons. The number of benzene rings is 1. The Morgan fingerprint density at radius 2 is 2.16 bits per heavy atom. The van der Waals surface area contributed by atoms with E-state index in [1.165, 1.54) is 0 Å². The van der Waals surface area contributed by atoms with Crippen LogP contribution in [0.3, 0.4) is 0 Å². The summed E-state index contributed by atoms with van der Waals surface area (Å²) in [6.07, 6.45) is 0.0457. The van der Waals surface area contributed by atoms with Crippen molar-refractivity contribution in [3.63, 3.8) is 0 Å². The standard InChI is InChI=1S/C16H16N2O5S.BrH/c1-2-22-14(21)16(8-7-13(20)23-16)12(19)9-24-15-17-10-5-3-4-6-11(10)18-15;/h3-6H,2,7-9H2,1H3,(H,17,18);1H. The first-order chi connectivity index (χ1) is 11.5. The smallest absolute Gasteiger partial charge is 0.358 e. The zero-order valence-electron chi connectivity index (χ0n) is 13.4. The number of ether oxygens (including phenoxy) is 2. The lowest BCUT2D eigenvalue weighted by molar-refractivity contribution is -0.177. The van der Waals surface area contributed by atoms with Gasteiger partial charge in [0.1, 0.15) is 0 Å². The Hall–Kier alpha value is -1.87. The van der Waals surface area contributed by atoms with E-state index in [0.29, 0.717) is 5.16 Å². The number of hydrogen-bond acceptors (Lipinski definition) is 7. The Balaban J connectivity index is 0.00000225. The molecule has 7 nitrogen and oxygen atoms in total. The fourth-order valence-electron chi connectivity index (χ4n) is 2.52. The summed E-state index contributed by atoms with van der Waals surface area (Å²) < 4.78 is 9.99. The molecule has 0 radical (unpaired) electrons. The molecule has 1 fully saturated rings. The van der Waals surface area contributed by atoms with Crippen LogP contribution in [-0.4, -0.2) is 45.7 Å². The van der Waals surface area contributed by atoms with Gasteiger partial charge >= 0.3 is 11.9 Å². The van der Waals surface area contributed by atoms with Gasteiger partial charge < -0.3 is 14.5 Å². The molecule has 0 spiro atoms. The molecule has 2 aromatic rings. The van der Waals surface area contributed by atoms with E-state index in [1.54, 1.807) is 6.92 Å². The molecule has 9 heteroatoms. The zero-order chi connectivity index (χ0) is 17.2. The number of ketones is 1. The van der Waals surface area contributed by atoms with Crippen LogP contribution in [0.25, 0.3) is 11.0 Å². The van der Waals surface area contributed by atoms with Crippen molar-refractivity contribution in [1.82, 2.24) is 9.97 Å². The molecular weight excluding hydrogens is 412 g/mol. The van der Waals surface area contributed by atoms with Gasteiger partial charge in [-0.2, -0.15) is 0 Å². The number of aromatic nitrogens is 2. The normalized spacial score (nSPS) is 19.3. The van der Waals surface area contributed by atoms with Gasteiger partial charge in [0.05, 0.1) is 29.8 Å². The maximum Gasteiger partial charge on any atom is 0.358 e. The number of halogens is 1. The first-order valence-electron chi connectivity index (χ1n) is 7.55. The van der Waals surface area contributed by atoms with Crippen LogP contribution in [0.2, 0.25) is 0 Å². The predicted molar refractivity (Wildman–Crippen MR) is 96.8 cm³/mol. The second-order valence-electron chi connectivity index (χ2n) is 5.29. The van der Waals surface area contributed by atoms with Gasteiger partial charge in [0, 0.05) is 6.42 Å². The Labute approximate surface area is 158 Å². The number of cyclic esters (lactones) is 1. The van der Waals surface area contributed by atoms with Gasteiger partial charge in [-0.15, -0.1) is 17.0 Å². The third-order valence-corrected chi connectivity index (χ3v) is 4.61. The largest absolute Gasteiger partial charge is 0.463 e. The van der Waals surface area contributed by atoms with Gasteiger partial charge in [-0.25, -0.2) is 9.78 Å². The van der Waals surface area contributed by atoms with Crippen molar-refractivity contribution in [3.05, 3.63) is 24.3 Å². The summed E-state index contributed by atoms with van der Waals surface area (Å²) >= 11 is 1.16. The molecule has 1 unspecified atom stereocenters. The Bertz CT molecular complexity index is 776. The number of rotatable bonds is 6. The molecule has 1 aromatic carbocycles. The van der Waals surface area contributed by atoms with Crippen molar-refractivity contribution in [2.45, 2.75) is 30.5 Å². The number of hydrogen-bond donors (Lipinski definition) is 1. The summed E-state index contributed by atoms with van der Waals surface area (Å²) in [6.45, 7) is 1.75. The third kappa shape index (κ3) is 3.87. The number of fused-ring (bicyclic) bond motifs is 1. The van der Waals surface area contributed by atoms with Gasteiger partial charge in [-0.05, 0) is 19.1 Å². The number of aromatic amines is 1. The molecule has 1 aromatic heterocycles. The number of thioether (sulfide) groups is 1. The highest BCUT2D eigenvalue weighted by atomic mass is 79.9. The van der Waals surface area contributed by atoms with E-state index in [-0.39, 0.29) is 42.2 Å². The monoisotopic (exact) mass is 428 g/mol. The van der Waals surface area contributed by atoms with Gasteiger partial charge in [0.25, 0.3) is 5.60 Å². The number of carbonyl (C=O) groups is 3. The van der Waals surface area contributed by atoms with Crippen LogP contribution in [0.15, 0.2) is 29.4 Å². The summed E-state index contributed by atoms with van der Waals surface area (Å²) in [4.78, 5) is 43.6. The zero-order valence-corrected chi connectivity index (χ0v) is 16.0. The van der Waals surface area contributed by atoms with E-state index < -0.39 is 23.3 Å². The maximum atomic E-state index is 12.6. The summed E-state index contributed by atoms with van der Waals surface area (Å²) in [7, 11) is 0. The SMILES string of the molecule is Br.CCOC(=O)C1(C(=O)CSc2nc3ccccc3[nH]2)CCC(=O)O1. The molecule has 1 aliphatic heterocycles. The quantitative estimate of drug-likeness (QED) is 0.428. The number of esters is 2. The molecule has 1 N–H and O–H groups in total. The van der Waals surface area contributed by atoms with Crippen molar-refractivity contribution >= 4 is 57.5 Å². The molecule has 25 heavy (non-hydrogen) atoms. The van der Waals surface area contributed by atoms with Crippen molar-refractivity contribution in [2.24, 2.45) is 0 Å². The molecule has 1 saturated heterocycles. The highest BCUT2D eigenvalue weighted by Crippen LogP contribution is 2.31. The minimum atomic E-state index is -1.81. The molecule has 0 saturated carbocycles. The Morgan fingerprint density at radius 3 is 2.80 bits per heavy atom. The van der Waals surface area contributed by atoms with Gasteiger partial charge in [0.15, 0.2) is 10.9 Å². The number of nitrogens with one attached hydrogen (secondary N) is 1. The topological polar surface area (TPSA) is 98.4 Å². The highest BCUT2D eigenvalue weighted by Gasteiger charge is 2.54. The minimum Gasteiger partial charge on any atom is -0.463 e. The van der Waals surface area contributed by atoms with Crippen LogP contribution in [0.4, 0.5) is 0 Å². The average Bonchev–Trinajstić information content (AvgIpc) is 3.16. The molecule has 0 aliphatic carbocycles. The molecule has 1 aliphatic rings. The number of carbonyl (C=O) groups excluding carboxylic acids is 3. The van der Waals surface area contributed by atoms with Gasteiger partial charge in [0.2, 0.25) is 0 Å². The molecule has 1 atom stereocenters. The van der Waals surface area contributed by atoms with Crippen LogP contribution < -0.4 is 0 Å². The van der Waals surface area contributed by atoms with E-state index in [9.17, 15) is 14.4 Å². The van der Waals surface area contributed by atoms with Crippen LogP contribution in [-0.2, 0) is 23.9 Å². The van der Waals surface area contributed by atoms with Crippen LogP contribution in [0.1, 0.15) is 19.8 Å². The summed E-state index contributed by atoms with van der Waals surface area (Å²) in [5, 5.41) is 0.563. The van der Waals surface area contributed by atoms with Crippen LogP contribution >= 0.6 is 28.7 Å². The van der Waals surface area contributed by atoms with Gasteiger partial charge in [-0.1, -0.05) is 23.9 Å². The summed E-state index contributed by atoms with van der Waals surface area (Å²) in [5.74, 6) is -1.90. The van der Waals surface area contributed by atoms with E-state index in [2.05, 4.69) is 9.97 Å². The van der Waals surface area contributed by atoms with Gasteiger partial charge in [-0.3, -0.25) is 9.59 Å².